The third-order valence-electron chi connectivity index (χ3n) is 4.54. The summed E-state index contributed by atoms with van der Waals surface area (Å²) in [5.41, 5.74) is 1.10. The number of thiophene rings is 1. The van der Waals surface area contributed by atoms with E-state index in [1.54, 1.807) is 4.90 Å². The van der Waals surface area contributed by atoms with Crippen LogP contribution in [0.3, 0.4) is 0 Å². The minimum atomic E-state index is -0.0354. The van der Waals surface area contributed by atoms with Gasteiger partial charge in [-0.2, -0.15) is 0 Å². The van der Waals surface area contributed by atoms with Gasteiger partial charge in [-0.25, -0.2) is 0 Å². The molecule has 138 valence electrons. The molecule has 0 N–H and O–H groups in total. The second-order valence-corrected chi connectivity index (χ2v) is 7.58. The van der Waals surface area contributed by atoms with Crippen LogP contribution in [0.15, 0.2) is 41.8 Å². The third kappa shape index (κ3) is 4.25. The van der Waals surface area contributed by atoms with Crippen LogP contribution in [-0.4, -0.2) is 54.4 Å². The Morgan fingerprint density at radius 2 is 1.73 bits per heavy atom. The van der Waals surface area contributed by atoms with Gasteiger partial charge in [0.25, 0.3) is 11.8 Å². The molecule has 1 aliphatic heterocycles. The summed E-state index contributed by atoms with van der Waals surface area (Å²) >= 11 is 1.45. The molecule has 3 rings (SSSR count). The highest BCUT2D eigenvalue weighted by molar-refractivity contribution is 7.12. The van der Waals surface area contributed by atoms with E-state index in [1.807, 2.05) is 46.7 Å². The van der Waals surface area contributed by atoms with Crippen molar-refractivity contribution in [1.82, 2.24) is 9.80 Å². The van der Waals surface area contributed by atoms with Crippen LogP contribution < -0.4 is 4.74 Å². The van der Waals surface area contributed by atoms with Gasteiger partial charge >= 0.3 is 0 Å². The normalized spacial score (nSPS) is 14.6. The molecule has 1 aromatic heterocycles. The van der Waals surface area contributed by atoms with E-state index in [1.165, 1.54) is 11.3 Å². The number of ether oxygens (including phenoxy) is 1. The molecular formula is C20H24N2O3S. The van der Waals surface area contributed by atoms with Crippen LogP contribution in [-0.2, 0) is 4.79 Å². The SMILES string of the molecule is CC(C)c1ccccc1OCC(=O)N1CCN(C(=O)c2cccs2)CC1. The molecule has 2 amide bonds. The van der Waals surface area contributed by atoms with Crippen molar-refractivity contribution in [3.63, 3.8) is 0 Å². The van der Waals surface area contributed by atoms with Gasteiger partial charge in [0.1, 0.15) is 5.75 Å². The number of hydrogen-bond acceptors (Lipinski definition) is 4. The van der Waals surface area contributed by atoms with Crippen molar-refractivity contribution >= 4 is 23.2 Å². The predicted molar refractivity (Wildman–Crippen MR) is 103 cm³/mol. The Morgan fingerprint density at radius 3 is 2.38 bits per heavy atom. The fourth-order valence-electron chi connectivity index (χ4n) is 3.03. The fraction of sp³-hybridized carbons (Fsp3) is 0.400. The minimum Gasteiger partial charge on any atom is -0.483 e. The predicted octanol–water partition coefficient (Wildman–Crippen LogP) is 3.23. The molecule has 1 fully saturated rings. The lowest BCUT2D eigenvalue weighted by molar-refractivity contribution is -0.134. The summed E-state index contributed by atoms with van der Waals surface area (Å²) in [7, 11) is 0. The molecule has 0 spiro atoms. The van der Waals surface area contributed by atoms with Gasteiger partial charge in [0, 0.05) is 26.2 Å². The molecule has 0 unspecified atom stereocenters. The Hall–Kier alpha value is -2.34. The molecule has 2 aromatic rings. The Kier molecular flexibility index (Phi) is 5.93. The topological polar surface area (TPSA) is 49.9 Å². The van der Waals surface area contributed by atoms with E-state index in [4.69, 9.17) is 4.74 Å². The summed E-state index contributed by atoms with van der Waals surface area (Å²) in [5, 5.41) is 1.90. The lowest BCUT2D eigenvalue weighted by atomic mass is 10.0. The first kappa shape index (κ1) is 18.5. The maximum Gasteiger partial charge on any atom is 0.264 e. The van der Waals surface area contributed by atoms with Crippen LogP contribution in [0.1, 0.15) is 35.0 Å². The summed E-state index contributed by atoms with van der Waals surface area (Å²) < 4.78 is 5.78. The highest BCUT2D eigenvalue weighted by Gasteiger charge is 2.25. The van der Waals surface area contributed by atoms with Gasteiger partial charge in [-0.05, 0) is 29.0 Å². The van der Waals surface area contributed by atoms with E-state index in [-0.39, 0.29) is 18.4 Å². The lowest BCUT2D eigenvalue weighted by Gasteiger charge is -2.34. The zero-order chi connectivity index (χ0) is 18.5. The second-order valence-electron chi connectivity index (χ2n) is 6.63. The molecular weight excluding hydrogens is 348 g/mol. The number of rotatable bonds is 5. The highest BCUT2D eigenvalue weighted by atomic mass is 32.1. The van der Waals surface area contributed by atoms with Crippen molar-refractivity contribution in [3.8, 4) is 5.75 Å². The van der Waals surface area contributed by atoms with Crippen molar-refractivity contribution in [2.45, 2.75) is 19.8 Å². The zero-order valence-electron chi connectivity index (χ0n) is 15.2. The van der Waals surface area contributed by atoms with Gasteiger partial charge in [0.05, 0.1) is 4.88 Å². The van der Waals surface area contributed by atoms with Crippen LogP contribution in [0.25, 0.3) is 0 Å². The van der Waals surface area contributed by atoms with Gasteiger partial charge in [0.15, 0.2) is 6.61 Å². The number of para-hydroxylation sites is 1. The Labute approximate surface area is 158 Å². The Morgan fingerprint density at radius 1 is 1.04 bits per heavy atom. The second kappa shape index (κ2) is 8.36. The van der Waals surface area contributed by atoms with Crippen molar-refractivity contribution < 1.29 is 14.3 Å². The summed E-state index contributed by atoms with van der Waals surface area (Å²) in [6.45, 7) is 6.46. The average Bonchev–Trinajstić information content (AvgIpc) is 3.20. The van der Waals surface area contributed by atoms with Crippen LogP contribution >= 0.6 is 11.3 Å². The van der Waals surface area contributed by atoms with Gasteiger partial charge in [0.2, 0.25) is 0 Å². The van der Waals surface area contributed by atoms with E-state index in [0.717, 1.165) is 16.2 Å². The number of piperazine rings is 1. The van der Waals surface area contributed by atoms with Crippen molar-refractivity contribution in [2.75, 3.05) is 32.8 Å². The van der Waals surface area contributed by atoms with E-state index >= 15 is 0 Å². The third-order valence-corrected chi connectivity index (χ3v) is 5.40. The summed E-state index contributed by atoms with van der Waals surface area (Å²) in [6, 6.07) is 11.5. The number of amides is 2. The smallest absolute Gasteiger partial charge is 0.264 e. The molecule has 0 radical (unpaired) electrons. The number of benzene rings is 1. The Bertz CT molecular complexity index is 750. The molecule has 5 nitrogen and oxygen atoms in total. The molecule has 26 heavy (non-hydrogen) atoms. The van der Waals surface area contributed by atoms with Gasteiger partial charge in [-0.1, -0.05) is 38.1 Å². The van der Waals surface area contributed by atoms with E-state index < -0.39 is 0 Å². The minimum absolute atomic E-state index is 0.0304. The van der Waals surface area contributed by atoms with Crippen molar-refractivity contribution in [1.29, 1.82) is 0 Å². The lowest BCUT2D eigenvalue weighted by Crippen LogP contribution is -2.51. The van der Waals surface area contributed by atoms with Gasteiger partial charge in [-0.15, -0.1) is 11.3 Å². The fourth-order valence-corrected chi connectivity index (χ4v) is 3.73. The summed E-state index contributed by atoms with van der Waals surface area (Å²) in [4.78, 5) is 29.1. The Balaban J connectivity index is 1.51. The first-order chi connectivity index (χ1) is 12.6. The van der Waals surface area contributed by atoms with Crippen LogP contribution in [0.2, 0.25) is 0 Å². The monoisotopic (exact) mass is 372 g/mol. The molecule has 1 aliphatic rings. The molecule has 0 bridgehead atoms. The van der Waals surface area contributed by atoms with Gasteiger partial charge < -0.3 is 14.5 Å². The number of hydrogen-bond donors (Lipinski definition) is 0. The number of nitrogens with zero attached hydrogens (tertiary/aromatic N) is 2. The van der Waals surface area contributed by atoms with E-state index in [0.29, 0.717) is 32.1 Å². The van der Waals surface area contributed by atoms with Gasteiger partial charge in [-0.3, -0.25) is 9.59 Å². The quantitative estimate of drug-likeness (QED) is 0.810. The number of carbonyl (C=O) groups is 2. The van der Waals surface area contributed by atoms with Crippen molar-refractivity contribution in [3.05, 3.63) is 52.2 Å². The number of carbonyl (C=O) groups excluding carboxylic acids is 2. The highest BCUT2D eigenvalue weighted by Crippen LogP contribution is 2.25. The van der Waals surface area contributed by atoms with E-state index in [9.17, 15) is 9.59 Å². The van der Waals surface area contributed by atoms with Crippen LogP contribution in [0.5, 0.6) is 5.75 Å². The van der Waals surface area contributed by atoms with Crippen molar-refractivity contribution in [2.24, 2.45) is 0 Å². The molecule has 1 saturated heterocycles. The first-order valence-corrected chi connectivity index (χ1v) is 9.76. The van der Waals surface area contributed by atoms with E-state index in [2.05, 4.69) is 13.8 Å². The largest absolute Gasteiger partial charge is 0.483 e. The molecule has 2 heterocycles. The summed E-state index contributed by atoms with van der Waals surface area (Å²) in [6.07, 6.45) is 0. The zero-order valence-corrected chi connectivity index (χ0v) is 16.0. The molecule has 6 heteroatoms. The molecule has 0 saturated carbocycles. The molecule has 0 aliphatic carbocycles. The molecule has 1 aromatic carbocycles. The average molecular weight is 372 g/mol. The maximum absolute atomic E-state index is 12.5. The standard InChI is InChI=1S/C20H24N2O3S/c1-15(2)16-6-3-4-7-17(16)25-14-19(23)21-9-11-22(12-10-21)20(24)18-8-5-13-26-18/h3-8,13,15H,9-12,14H2,1-2H3. The summed E-state index contributed by atoms with van der Waals surface area (Å²) in [5.74, 6) is 1.12. The van der Waals surface area contributed by atoms with Crippen LogP contribution in [0, 0.1) is 0 Å². The maximum atomic E-state index is 12.5. The first-order valence-electron chi connectivity index (χ1n) is 8.88. The van der Waals surface area contributed by atoms with Crippen LogP contribution in [0.4, 0.5) is 0 Å². The molecule has 0 atom stereocenters.